The van der Waals surface area contributed by atoms with E-state index < -0.39 is 5.97 Å². The van der Waals surface area contributed by atoms with Crippen LogP contribution >= 0.6 is 15.9 Å². The lowest BCUT2D eigenvalue weighted by molar-refractivity contribution is -0.125. The van der Waals surface area contributed by atoms with Crippen LogP contribution < -0.4 is 14.9 Å². The molecule has 1 amide bonds. The maximum Gasteiger partial charge on any atom is 0.343 e. The molecular formula is C22H23BrN2O4. The van der Waals surface area contributed by atoms with Gasteiger partial charge in [0.25, 0.3) is 0 Å². The van der Waals surface area contributed by atoms with E-state index in [4.69, 9.17) is 9.47 Å². The van der Waals surface area contributed by atoms with E-state index in [0.717, 1.165) is 30.2 Å². The van der Waals surface area contributed by atoms with Crippen LogP contribution in [0.5, 0.6) is 11.5 Å². The van der Waals surface area contributed by atoms with E-state index in [1.54, 1.807) is 49.6 Å². The van der Waals surface area contributed by atoms with Crippen molar-refractivity contribution in [2.75, 3.05) is 7.11 Å². The van der Waals surface area contributed by atoms with Crippen molar-refractivity contribution in [3.8, 4) is 11.5 Å². The molecule has 7 heteroatoms. The van der Waals surface area contributed by atoms with Crippen molar-refractivity contribution in [2.45, 2.75) is 32.1 Å². The van der Waals surface area contributed by atoms with Gasteiger partial charge >= 0.3 is 5.97 Å². The highest BCUT2D eigenvalue weighted by molar-refractivity contribution is 9.10. The number of halogens is 1. The molecule has 29 heavy (non-hydrogen) atoms. The molecule has 0 bridgehead atoms. The van der Waals surface area contributed by atoms with Gasteiger partial charge in [0.15, 0.2) is 0 Å². The van der Waals surface area contributed by atoms with Crippen molar-refractivity contribution in [3.05, 3.63) is 58.1 Å². The SMILES string of the molecule is COc1ccc(C(=O)Oc2ccc(Br)cc2C=NNC(=O)C2CCCCC2)cc1. The van der Waals surface area contributed by atoms with Crippen LogP contribution in [0, 0.1) is 5.92 Å². The lowest BCUT2D eigenvalue weighted by Gasteiger charge is -2.19. The molecule has 1 aliphatic rings. The summed E-state index contributed by atoms with van der Waals surface area (Å²) in [5.41, 5.74) is 3.59. The minimum Gasteiger partial charge on any atom is -0.497 e. The summed E-state index contributed by atoms with van der Waals surface area (Å²) >= 11 is 3.40. The number of ether oxygens (including phenoxy) is 2. The first-order valence-corrected chi connectivity index (χ1v) is 10.3. The van der Waals surface area contributed by atoms with E-state index in [0.29, 0.717) is 22.6 Å². The van der Waals surface area contributed by atoms with Crippen molar-refractivity contribution >= 4 is 34.0 Å². The maximum atomic E-state index is 12.5. The average Bonchev–Trinajstić information content (AvgIpc) is 2.76. The second kappa shape index (κ2) is 10.2. The number of carbonyl (C=O) groups excluding carboxylic acids is 2. The van der Waals surface area contributed by atoms with E-state index in [9.17, 15) is 9.59 Å². The molecule has 6 nitrogen and oxygen atoms in total. The number of nitrogens with zero attached hydrogens (tertiary/aromatic N) is 1. The Hall–Kier alpha value is -2.67. The van der Waals surface area contributed by atoms with Gasteiger partial charge in [0, 0.05) is 16.0 Å². The molecule has 0 saturated heterocycles. The zero-order valence-electron chi connectivity index (χ0n) is 16.2. The maximum absolute atomic E-state index is 12.5. The zero-order chi connectivity index (χ0) is 20.6. The summed E-state index contributed by atoms with van der Waals surface area (Å²) in [5.74, 6) is 0.482. The van der Waals surface area contributed by atoms with Gasteiger partial charge in [-0.05, 0) is 55.3 Å². The van der Waals surface area contributed by atoms with Gasteiger partial charge in [0.2, 0.25) is 5.91 Å². The summed E-state index contributed by atoms with van der Waals surface area (Å²) < 4.78 is 11.4. The monoisotopic (exact) mass is 458 g/mol. The highest BCUT2D eigenvalue weighted by atomic mass is 79.9. The fraction of sp³-hybridized carbons (Fsp3) is 0.318. The number of amides is 1. The molecule has 3 rings (SSSR count). The van der Waals surface area contributed by atoms with Gasteiger partial charge in [-0.3, -0.25) is 4.79 Å². The van der Waals surface area contributed by atoms with Crippen LogP contribution in [-0.2, 0) is 4.79 Å². The van der Waals surface area contributed by atoms with Gasteiger partial charge in [-0.2, -0.15) is 5.10 Å². The summed E-state index contributed by atoms with van der Waals surface area (Å²) in [7, 11) is 1.56. The van der Waals surface area contributed by atoms with Crippen LogP contribution in [0.25, 0.3) is 0 Å². The topological polar surface area (TPSA) is 77.0 Å². The van der Waals surface area contributed by atoms with Gasteiger partial charge in [0.05, 0.1) is 18.9 Å². The predicted molar refractivity (Wildman–Crippen MR) is 114 cm³/mol. The average molecular weight is 459 g/mol. The van der Waals surface area contributed by atoms with Gasteiger partial charge in [0.1, 0.15) is 11.5 Å². The number of carbonyl (C=O) groups is 2. The summed E-state index contributed by atoms with van der Waals surface area (Å²) in [5, 5.41) is 4.07. The standard InChI is InChI=1S/C22H23BrN2O4/c1-28-19-10-7-16(8-11-19)22(27)29-20-12-9-18(23)13-17(20)14-24-25-21(26)15-5-3-2-4-6-15/h7-15H,2-6H2,1H3,(H,25,26). The predicted octanol–water partition coefficient (Wildman–Crippen LogP) is 4.71. The third-order valence-corrected chi connectivity index (χ3v) is 5.35. The Morgan fingerprint density at radius 2 is 1.83 bits per heavy atom. The van der Waals surface area contributed by atoms with Crippen molar-refractivity contribution in [1.29, 1.82) is 0 Å². The lowest BCUT2D eigenvalue weighted by atomic mass is 9.89. The van der Waals surface area contributed by atoms with Crippen LogP contribution in [0.15, 0.2) is 52.0 Å². The van der Waals surface area contributed by atoms with E-state index in [1.807, 2.05) is 0 Å². The molecule has 2 aromatic rings. The largest absolute Gasteiger partial charge is 0.497 e. The van der Waals surface area contributed by atoms with Crippen molar-refractivity contribution in [1.82, 2.24) is 5.43 Å². The third-order valence-electron chi connectivity index (χ3n) is 4.85. The number of esters is 1. The smallest absolute Gasteiger partial charge is 0.343 e. The van der Waals surface area contributed by atoms with Gasteiger partial charge < -0.3 is 9.47 Å². The Balaban J connectivity index is 1.68. The molecular weight excluding hydrogens is 436 g/mol. The normalized spacial score (nSPS) is 14.6. The number of hydrazone groups is 1. The highest BCUT2D eigenvalue weighted by Gasteiger charge is 2.20. The van der Waals surface area contributed by atoms with Gasteiger partial charge in [-0.25, -0.2) is 10.2 Å². The van der Waals surface area contributed by atoms with Gasteiger partial charge in [-0.15, -0.1) is 0 Å². The molecule has 0 radical (unpaired) electrons. The summed E-state index contributed by atoms with van der Waals surface area (Å²) in [6, 6.07) is 11.9. The minimum atomic E-state index is -0.490. The summed E-state index contributed by atoms with van der Waals surface area (Å²) in [6.45, 7) is 0. The summed E-state index contributed by atoms with van der Waals surface area (Å²) in [4.78, 5) is 24.7. The Kier molecular flexibility index (Phi) is 7.41. The second-order valence-electron chi connectivity index (χ2n) is 6.87. The fourth-order valence-corrected chi connectivity index (χ4v) is 3.60. The van der Waals surface area contributed by atoms with Crippen LogP contribution in [0.4, 0.5) is 0 Å². The number of hydrogen-bond acceptors (Lipinski definition) is 5. The molecule has 0 atom stereocenters. The molecule has 0 spiro atoms. The van der Waals surface area contributed by atoms with Crippen molar-refractivity contribution < 1.29 is 19.1 Å². The molecule has 0 aromatic heterocycles. The molecule has 1 N–H and O–H groups in total. The van der Waals surface area contributed by atoms with Crippen molar-refractivity contribution in [3.63, 3.8) is 0 Å². The molecule has 1 fully saturated rings. The quantitative estimate of drug-likeness (QED) is 0.294. The Morgan fingerprint density at radius 3 is 2.52 bits per heavy atom. The van der Waals surface area contributed by atoms with E-state index in [1.165, 1.54) is 12.6 Å². The molecule has 0 aliphatic heterocycles. The first-order valence-electron chi connectivity index (χ1n) is 9.55. The first-order chi connectivity index (χ1) is 14.1. The van der Waals surface area contributed by atoms with Crippen LogP contribution in [0.2, 0.25) is 0 Å². The number of nitrogens with one attached hydrogen (secondary N) is 1. The summed E-state index contributed by atoms with van der Waals surface area (Å²) in [6.07, 6.45) is 6.65. The Bertz CT molecular complexity index is 890. The first kappa shape index (κ1) is 21.0. The van der Waals surface area contributed by atoms with Gasteiger partial charge in [-0.1, -0.05) is 35.2 Å². The molecule has 152 valence electrons. The number of hydrogen-bond donors (Lipinski definition) is 1. The molecule has 0 heterocycles. The van der Waals surface area contributed by atoms with E-state index >= 15 is 0 Å². The van der Waals surface area contributed by atoms with E-state index in [-0.39, 0.29) is 11.8 Å². The van der Waals surface area contributed by atoms with E-state index in [2.05, 4.69) is 26.5 Å². The molecule has 1 saturated carbocycles. The number of benzene rings is 2. The number of methoxy groups -OCH3 is 1. The van der Waals surface area contributed by atoms with Crippen molar-refractivity contribution in [2.24, 2.45) is 11.0 Å². The van der Waals surface area contributed by atoms with Crippen LogP contribution in [-0.4, -0.2) is 25.2 Å². The Labute approximate surface area is 178 Å². The molecule has 1 aliphatic carbocycles. The highest BCUT2D eigenvalue weighted by Crippen LogP contribution is 2.25. The lowest BCUT2D eigenvalue weighted by Crippen LogP contribution is -2.28. The second-order valence-corrected chi connectivity index (χ2v) is 7.79. The third kappa shape index (κ3) is 5.90. The minimum absolute atomic E-state index is 0.0239. The molecule has 2 aromatic carbocycles. The molecule has 0 unspecified atom stereocenters. The number of rotatable bonds is 6. The zero-order valence-corrected chi connectivity index (χ0v) is 17.8. The Morgan fingerprint density at radius 1 is 1.10 bits per heavy atom. The fourth-order valence-electron chi connectivity index (χ4n) is 3.22. The van der Waals surface area contributed by atoms with Crippen LogP contribution in [0.1, 0.15) is 48.0 Å². The van der Waals surface area contributed by atoms with Crippen LogP contribution in [0.3, 0.4) is 0 Å².